The van der Waals surface area contributed by atoms with Crippen LogP contribution in [0.2, 0.25) is 0 Å². The Hall–Kier alpha value is -2.68. The van der Waals surface area contributed by atoms with Gasteiger partial charge in [0.05, 0.1) is 11.0 Å². The molecule has 1 heterocycles. The Morgan fingerprint density at radius 1 is 1.21 bits per heavy atom. The van der Waals surface area contributed by atoms with Crippen molar-refractivity contribution in [3.05, 3.63) is 54.1 Å². The molecule has 2 amide bonds. The summed E-state index contributed by atoms with van der Waals surface area (Å²) in [6.07, 6.45) is -3.50. The van der Waals surface area contributed by atoms with Crippen LogP contribution in [0.5, 0.6) is 5.75 Å². The molecule has 0 bridgehead atoms. The predicted octanol–water partition coefficient (Wildman–Crippen LogP) is 4.21. The maximum absolute atomic E-state index is 12.3. The lowest BCUT2D eigenvalue weighted by Crippen LogP contribution is -2.26. The lowest BCUT2D eigenvalue weighted by atomic mass is 10.1. The fourth-order valence-electron chi connectivity index (χ4n) is 2.79. The highest BCUT2D eigenvalue weighted by Gasteiger charge is 2.31. The van der Waals surface area contributed by atoms with Gasteiger partial charge in [-0.1, -0.05) is 24.3 Å². The maximum Gasteiger partial charge on any atom is 0.573 e. The number of amides is 2. The van der Waals surface area contributed by atoms with Crippen LogP contribution in [-0.2, 0) is 16.0 Å². The van der Waals surface area contributed by atoms with Crippen LogP contribution in [-0.4, -0.2) is 29.2 Å². The molecule has 0 unspecified atom stereocenters. The summed E-state index contributed by atoms with van der Waals surface area (Å²) in [6, 6.07) is 12.6. The van der Waals surface area contributed by atoms with Gasteiger partial charge in [0.15, 0.2) is 0 Å². The van der Waals surface area contributed by atoms with Gasteiger partial charge >= 0.3 is 6.36 Å². The van der Waals surface area contributed by atoms with Gasteiger partial charge in [0, 0.05) is 17.4 Å². The summed E-state index contributed by atoms with van der Waals surface area (Å²) < 4.78 is 40.7. The SMILES string of the molecule is O=C(CS[C@H]1CCc2ccccc2NC1=O)Nc1cccc(OC(F)(F)F)c1. The summed E-state index contributed by atoms with van der Waals surface area (Å²) in [7, 11) is 0. The molecule has 28 heavy (non-hydrogen) atoms. The lowest BCUT2D eigenvalue weighted by molar-refractivity contribution is -0.274. The topological polar surface area (TPSA) is 67.4 Å². The van der Waals surface area contributed by atoms with Gasteiger partial charge in [0.1, 0.15) is 5.75 Å². The van der Waals surface area contributed by atoms with Gasteiger partial charge in [-0.25, -0.2) is 0 Å². The standard InChI is InChI=1S/C19H17F3N2O3S/c20-19(21,22)27-14-6-3-5-13(10-14)23-17(25)11-28-16-9-8-12-4-1-2-7-15(12)24-18(16)26/h1-7,10,16H,8-9,11H2,(H,23,25)(H,24,26)/t16-/m0/s1. The summed E-state index contributed by atoms with van der Waals surface area (Å²) in [5.74, 6) is -0.996. The van der Waals surface area contributed by atoms with Crippen LogP contribution in [0, 0.1) is 0 Å². The second-order valence-corrected chi connectivity index (χ2v) is 7.30. The molecule has 5 nitrogen and oxygen atoms in total. The molecule has 0 saturated carbocycles. The van der Waals surface area contributed by atoms with Gasteiger partial charge in [-0.05, 0) is 36.6 Å². The molecule has 0 fully saturated rings. The third-order valence-electron chi connectivity index (χ3n) is 4.01. The zero-order valence-electron chi connectivity index (χ0n) is 14.6. The van der Waals surface area contributed by atoms with Gasteiger partial charge < -0.3 is 15.4 Å². The van der Waals surface area contributed by atoms with E-state index in [2.05, 4.69) is 15.4 Å². The molecule has 0 radical (unpaired) electrons. The van der Waals surface area contributed by atoms with Gasteiger partial charge in [0.25, 0.3) is 0 Å². The van der Waals surface area contributed by atoms with Crippen LogP contribution in [0.25, 0.3) is 0 Å². The van der Waals surface area contributed by atoms with E-state index in [4.69, 9.17) is 0 Å². The fourth-order valence-corrected chi connectivity index (χ4v) is 3.71. The first-order valence-electron chi connectivity index (χ1n) is 8.46. The van der Waals surface area contributed by atoms with Gasteiger partial charge in [-0.3, -0.25) is 9.59 Å². The number of fused-ring (bicyclic) bond motifs is 1. The molecule has 2 N–H and O–H groups in total. The maximum atomic E-state index is 12.3. The summed E-state index contributed by atoms with van der Waals surface area (Å²) in [5, 5.41) is 4.99. The molecule has 0 spiro atoms. The van der Waals surface area contributed by atoms with Crippen molar-refractivity contribution in [3.8, 4) is 5.75 Å². The van der Waals surface area contributed by atoms with E-state index in [1.807, 2.05) is 24.3 Å². The number of halogens is 3. The molecule has 3 rings (SSSR count). The Morgan fingerprint density at radius 2 is 2.00 bits per heavy atom. The molecular weight excluding hydrogens is 393 g/mol. The number of alkyl halides is 3. The summed E-state index contributed by atoms with van der Waals surface area (Å²) >= 11 is 1.20. The van der Waals surface area contributed by atoms with Crippen molar-refractivity contribution in [2.75, 3.05) is 16.4 Å². The number of carbonyl (C=O) groups excluding carboxylic acids is 2. The van der Waals surface area contributed by atoms with Gasteiger partial charge in [-0.15, -0.1) is 24.9 Å². The number of aryl methyl sites for hydroxylation is 1. The van der Waals surface area contributed by atoms with Crippen LogP contribution in [0.4, 0.5) is 24.5 Å². The second kappa shape index (κ2) is 8.55. The Kier molecular flexibility index (Phi) is 6.13. The van der Waals surface area contributed by atoms with Crippen LogP contribution < -0.4 is 15.4 Å². The number of anilines is 2. The highest BCUT2D eigenvalue weighted by molar-refractivity contribution is 8.01. The van der Waals surface area contributed by atoms with Crippen molar-refractivity contribution in [2.24, 2.45) is 0 Å². The van der Waals surface area contributed by atoms with E-state index >= 15 is 0 Å². The van der Waals surface area contributed by atoms with Crippen molar-refractivity contribution in [1.82, 2.24) is 0 Å². The number of carbonyl (C=O) groups is 2. The highest BCUT2D eigenvalue weighted by Crippen LogP contribution is 2.28. The summed E-state index contributed by atoms with van der Waals surface area (Å²) in [4.78, 5) is 24.5. The minimum atomic E-state index is -4.80. The highest BCUT2D eigenvalue weighted by atomic mass is 32.2. The Labute approximate surface area is 163 Å². The molecular formula is C19H17F3N2O3S. The molecule has 2 aromatic carbocycles. The normalized spacial score (nSPS) is 16.5. The van der Waals surface area contributed by atoms with Crippen LogP contribution in [0.3, 0.4) is 0 Å². The predicted molar refractivity (Wildman–Crippen MR) is 101 cm³/mol. The molecule has 0 aliphatic carbocycles. The monoisotopic (exact) mass is 410 g/mol. The Balaban J connectivity index is 1.53. The molecule has 0 aromatic heterocycles. The molecule has 1 aliphatic heterocycles. The molecule has 9 heteroatoms. The zero-order chi connectivity index (χ0) is 20.1. The fraction of sp³-hybridized carbons (Fsp3) is 0.263. The second-order valence-electron chi connectivity index (χ2n) is 6.11. The Morgan fingerprint density at radius 3 is 2.79 bits per heavy atom. The zero-order valence-corrected chi connectivity index (χ0v) is 15.4. The van der Waals surface area contributed by atoms with E-state index in [1.165, 1.54) is 23.9 Å². The molecule has 1 aliphatic rings. The smallest absolute Gasteiger partial charge is 0.406 e. The van der Waals surface area contributed by atoms with Crippen LogP contribution >= 0.6 is 11.8 Å². The number of para-hydroxylation sites is 1. The number of hydrogen-bond acceptors (Lipinski definition) is 4. The molecule has 2 aromatic rings. The number of hydrogen-bond donors (Lipinski definition) is 2. The first kappa shape index (κ1) is 20.1. The first-order valence-corrected chi connectivity index (χ1v) is 9.51. The van der Waals surface area contributed by atoms with Crippen LogP contribution in [0.15, 0.2) is 48.5 Å². The van der Waals surface area contributed by atoms with E-state index in [0.29, 0.717) is 12.8 Å². The number of thioether (sulfide) groups is 1. The molecule has 148 valence electrons. The van der Waals surface area contributed by atoms with Crippen molar-refractivity contribution < 1.29 is 27.5 Å². The van der Waals surface area contributed by atoms with Crippen molar-refractivity contribution in [3.63, 3.8) is 0 Å². The number of benzene rings is 2. The van der Waals surface area contributed by atoms with E-state index < -0.39 is 23.3 Å². The largest absolute Gasteiger partial charge is 0.573 e. The van der Waals surface area contributed by atoms with E-state index in [9.17, 15) is 22.8 Å². The van der Waals surface area contributed by atoms with Crippen molar-refractivity contribution in [2.45, 2.75) is 24.5 Å². The summed E-state index contributed by atoms with van der Waals surface area (Å²) in [6.45, 7) is 0. The van der Waals surface area contributed by atoms with Crippen LogP contribution in [0.1, 0.15) is 12.0 Å². The average Bonchev–Trinajstić information content (AvgIpc) is 2.77. The first-order chi connectivity index (χ1) is 13.3. The Bertz CT molecular complexity index is 873. The third-order valence-corrected chi connectivity index (χ3v) is 5.29. The third kappa shape index (κ3) is 5.66. The quantitative estimate of drug-likeness (QED) is 0.775. The summed E-state index contributed by atoms with van der Waals surface area (Å²) in [5.41, 5.74) is 2.01. The minimum Gasteiger partial charge on any atom is -0.406 e. The lowest BCUT2D eigenvalue weighted by Gasteiger charge is -2.13. The van der Waals surface area contributed by atoms with E-state index in [0.717, 1.165) is 23.4 Å². The van der Waals surface area contributed by atoms with Crippen molar-refractivity contribution in [1.29, 1.82) is 0 Å². The molecule has 1 atom stereocenters. The van der Waals surface area contributed by atoms with Gasteiger partial charge in [0.2, 0.25) is 11.8 Å². The minimum absolute atomic E-state index is 0.00120. The van der Waals surface area contributed by atoms with Gasteiger partial charge in [-0.2, -0.15) is 0 Å². The molecule has 0 saturated heterocycles. The number of ether oxygens (including phenoxy) is 1. The average molecular weight is 410 g/mol. The number of rotatable bonds is 5. The van der Waals surface area contributed by atoms with E-state index in [-0.39, 0.29) is 17.3 Å². The van der Waals surface area contributed by atoms with E-state index in [1.54, 1.807) is 0 Å². The van der Waals surface area contributed by atoms with Crippen molar-refractivity contribution >= 4 is 35.0 Å². The number of nitrogens with one attached hydrogen (secondary N) is 2.